The molecule has 3 rings (SSSR count). The Morgan fingerprint density at radius 2 is 1.73 bits per heavy atom. The molecule has 1 heterocycles. The van der Waals surface area contributed by atoms with Gasteiger partial charge in [0.25, 0.3) is 0 Å². The minimum atomic E-state index is -0.286. The Labute approximate surface area is 155 Å². The van der Waals surface area contributed by atoms with E-state index in [0.717, 1.165) is 17.1 Å². The molecule has 0 aliphatic carbocycles. The second-order valence-electron chi connectivity index (χ2n) is 5.94. The lowest BCUT2D eigenvalue weighted by molar-refractivity contribution is -0.115. The highest BCUT2D eigenvalue weighted by molar-refractivity contribution is 7.13. The first-order valence-electron chi connectivity index (χ1n) is 8.04. The lowest BCUT2D eigenvalue weighted by Gasteiger charge is -2.12. The van der Waals surface area contributed by atoms with Crippen molar-refractivity contribution in [3.05, 3.63) is 65.4 Å². The van der Waals surface area contributed by atoms with E-state index in [0.29, 0.717) is 10.8 Å². The Balaban J connectivity index is 1.56. The molecule has 3 aromatic rings. The Bertz CT molecular complexity index is 875. The number of nitrogens with zero attached hydrogens (tertiary/aromatic N) is 2. The quantitative estimate of drug-likeness (QED) is 0.680. The van der Waals surface area contributed by atoms with Gasteiger partial charge in [-0.3, -0.25) is 4.79 Å². The molecule has 7 heteroatoms. The molecule has 0 radical (unpaired) electrons. The third kappa shape index (κ3) is 4.80. The molecule has 0 saturated heterocycles. The first-order chi connectivity index (χ1) is 12.5. The molecule has 1 amide bonds. The number of amides is 1. The van der Waals surface area contributed by atoms with E-state index in [1.807, 2.05) is 48.6 Å². The predicted molar refractivity (Wildman–Crippen MR) is 105 cm³/mol. The summed E-state index contributed by atoms with van der Waals surface area (Å²) in [5, 5.41) is 8.46. The standard InChI is InChI=1S/C19H19FN4OS/c1-24(2)17-9-7-14(8-10-17)21-18(25)11-16-12-26-19(23-16)22-15-5-3-13(20)4-6-15/h3-10,12H,11H2,1-2H3,(H,21,25)(H,22,23). The second kappa shape index (κ2) is 7.97. The first-order valence-corrected chi connectivity index (χ1v) is 8.92. The number of carbonyl (C=O) groups excluding carboxylic acids is 1. The number of benzene rings is 2. The van der Waals surface area contributed by atoms with Crippen LogP contribution in [0.25, 0.3) is 0 Å². The lowest BCUT2D eigenvalue weighted by atomic mass is 10.2. The van der Waals surface area contributed by atoms with Crippen molar-refractivity contribution in [2.45, 2.75) is 6.42 Å². The van der Waals surface area contributed by atoms with Crippen LogP contribution in [0.2, 0.25) is 0 Å². The highest BCUT2D eigenvalue weighted by atomic mass is 32.1. The molecule has 5 nitrogen and oxygen atoms in total. The Kier molecular flexibility index (Phi) is 5.48. The van der Waals surface area contributed by atoms with Crippen molar-refractivity contribution < 1.29 is 9.18 Å². The Morgan fingerprint density at radius 1 is 1.08 bits per heavy atom. The van der Waals surface area contributed by atoms with E-state index in [1.54, 1.807) is 12.1 Å². The molecule has 0 bridgehead atoms. The molecule has 1 aromatic heterocycles. The SMILES string of the molecule is CN(C)c1ccc(NC(=O)Cc2csc(Nc3ccc(F)cc3)n2)cc1. The fourth-order valence-corrected chi connectivity index (χ4v) is 3.05. The highest BCUT2D eigenvalue weighted by Crippen LogP contribution is 2.22. The normalized spacial score (nSPS) is 10.4. The molecular weight excluding hydrogens is 351 g/mol. The summed E-state index contributed by atoms with van der Waals surface area (Å²) < 4.78 is 12.9. The van der Waals surface area contributed by atoms with E-state index in [1.165, 1.54) is 23.5 Å². The zero-order valence-corrected chi connectivity index (χ0v) is 15.3. The summed E-state index contributed by atoms with van der Waals surface area (Å²) in [6, 6.07) is 13.7. The van der Waals surface area contributed by atoms with Crippen LogP contribution >= 0.6 is 11.3 Å². The first kappa shape index (κ1) is 17.9. The van der Waals surface area contributed by atoms with Crippen molar-refractivity contribution in [1.29, 1.82) is 0 Å². The average molecular weight is 370 g/mol. The minimum absolute atomic E-state index is 0.124. The summed E-state index contributed by atoms with van der Waals surface area (Å²) in [5.41, 5.74) is 3.25. The summed E-state index contributed by atoms with van der Waals surface area (Å²) in [4.78, 5) is 18.6. The van der Waals surface area contributed by atoms with Crippen LogP contribution in [0.15, 0.2) is 53.9 Å². The van der Waals surface area contributed by atoms with Gasteiger partial charge in [-0.25, -0.2) is 9.37 Å². The molecule has 26 heavy (non-hydrogen) atoms. The van der Waals surface area contributed by atoms with E-state index >= 15 is 0 Å². The van der Waals surface area contributed by atoms with E-state index < -0.39 is 0 Å². The summed E-state index contributed by atoms with van der Waals surface area (Å²) in [5.74, 6) is -0.410. The molecule has 0 aliphatic heterocycles. The fourth-order valence-electron chi connectivity index (χ4n) is 2.31. The van der Waals surface area contributed by atoms with Crippen molar-refractivity contribution in [3.8, 4) is 0 Å². The summed E-state index contributed by atoms with van der Waals surface area (Å²) in [6.45, 7) is 0. The van der Waals surface area contributed by atoms with Crippen molar-refractivity contribution in [1.82, 2.24) is 4.98 Å². The average Bonchev–Trinajstić information content (AvgIpc) is 3.04. The maximum absolute atomic E-state index is 12.9. The van der Waals surface area contributed by atoms with E-state index in [-0.39, 0.29) is 18.1 Å². The van der Waals surface area contributed by atoms with Crippen LogP contribution in [0.5, 0.6) is 0 Å². The number of nitrogens with one attached hydrogen (secondary N) is 2. The van der Waals surface area contributed by atoms with Crippen molar-refractivity contribution in [2.24, 2.45) is 0 Å². The fraction of sp³-hybridized carbons (Fsp3) is 0.158. The number of hydrogen-bond donors (Lipinski definition) is 2. The maximum Gasteiger partial charge on any atom is 0.230 e. The number of thiazole rings is 1. The van der Waals surface area contributed by atoms with Gasteiger partial charge < -0.3 is 15.5 Å². The molecule has 134 valence electrons. The van der Waals surface area contributed by atoms with Gasteiger partial charge >= 0.3 is 0 Å². The van der Waals surface area contributed by atoms with Crippen LogP contribution in [0.3, 0.4) is 0 Å². The number of halogens is 1. The molecule has 0 atom stereocenters. The van der Waals surface area contributed by atoms with Gasteiger partial charge in [0, 0.05) is 36.5 Å². The van der Waals surface area contributed by atoms with Crippen LogP contribution in [0.4, 0.5) is 26.6 Å². The highest BCUT2D eigenvalue weighted by Gasteiger charge is 2.09. The van der Waals surface area contributed by atoms with Gasteiger partial charge in [0.2, 0.25) is 5.91 Å². The second-order valence-corrected chi connectivity index (χ2v) is 6.80. The monoisotopic (exact) mass is 370 g/mol. The van der Waals surface area contributed by atoms with Gasteiger partial charge in [-0.1, -0.05) is 0 Å². The van der Waals surface area contributed by atoms with E-state index in [2.05, 4.69) is 15.6 Å². The van der Waals surface area contributed by atoms with Gasteiger partial charge in [-0.15, -0.1) is 11.3 Å². The topological polar surface area (TPSA) is 57.3 Å². The molecule has 2 aromatic carbocycles. The van der Waals surface area contributed by atoms with E-state index in [9.17, 15) is 9.18 Å². The van der Waals surface area contributed by atoms with Gasteiger partial charge in [0.1, 0.15) is 5.82 Å². The Hall–Kier alpha value is -2.93. The van der Waals surface area contributed by atoms with Gasteiger partial charge in [-0.2, -0.15) is 0 Å². The lowest BCUT2D eigenvalue weighted by Crippen LogP contribution is -2.15. The maximum atomic E-state index is 12.9. The third-order valence-electron chi connectivity index (χ3n) is 3.66. The molecule has 0 saturated carbocycles. The van der Waals surface area contributed by atoms with Crippen LogP contribution < -0.4 is 15.5 Å². The molecule has 0 fully saturated rings. The van der Waals surface area contributed by atoms with Crippen molar-refractivity contribution in [3.63, 3.8) is 0 Å². The molecule has 0 spiro atoms. The molecule has 0 aliphatic rings. The zero-order chi connectivity index (χ0) is 18.5. The van der Waals surface area contributed by atoms with Gasteiger partial charge in [-0.05, 0) is 48.5 Å². The molecule has 2 N–H and O–H groups in total. The summed E-state index contributed by atoms with van der Waals surface area (Å²) in [6.07, 6.45) is 0.191. The molecule has 0 unspecified atom stereocenters. The van der Waals surface area contributed by atoms with Crippen LogP contribution in [0.1, 0.15) is 5.69 Å². The number of aromatic nitrogens is 1. The van der Waals surface area contributed by atoms with Crippen LogP contribution in [0, 0.1) is 5.82 Å². The number of anilines is 4. The largest absolute Gasteiger partial charge is 0.378 e. The smallest absolute Gasteiger partial charge is 0.230 e. The number of hydrogen-bond acceptors (Lipinski definition) is 5. The predicted octanol–water partition coefficient (Wildman–Crippen LogP) is 4.27. The summed E-state index contributed by atoms with van der Waals surface area (Å²) >= 11 is 1.40. The summed E-state index contributed by atoms with van der Waals surface area (Å²) in [7, 11) is 3.93. The Morgan fingerprint density at radius 3 is 2.38 bits per heavy atom. The van der Waals surface area contributed by atoms with Crippen molar-refractivity contribution in [2.75, 3.05) is 29.6 Å². The number of carbonyl (C=O) groups is 1. The van der Waals surface area contributed by atoms with Crippen molar-refractivity contribution >= 4 is 39.4 Å². The van der Waals surface area contributed by atoms with E-state index in [4.69, 9.17) is 0 Å². The third-order valence-corrected chi connectivity index (χ3v) is 4.46. The van der Waals surface area contributed by atoms with Gasteiger partial charge in [0.05, 0.1) is 12.1 Å². The van der Waals surface area contributed by atoms with Gasteiger partial charge in [0.15, 0.2) is 5.13 Å². The van der Waals surface area contributed by atoms with Crippen LogP contribution in [-0.2, 0) is 11.2 Å². The molecular formula is C19H19FN4OS. The van der Waals surface area contributed by atoms with Crippen LogP contribution in [-0.4, -0.2) is 25.0 Å². The number of rotatable bonds is 6. The zero-order valence-electron chi connectivity index (χ0n) is 14.5. The minimum Gasteiger partial charge on any atom is -0.378 e.